The lowest BCUT2D eigenvalue weighted by Gasteiger charge is -2.22. The van der Waals surface area contributed by atoms with Crippen LogP contribution in [0.5, 0.6) is 0 Å². The van der Waals surface area contributed by atoms with E-state index in [2.05, 4.69) is 26.6 Å². The normalized spacial score (nSPS) is 11.8. The molecule has 0 fully saturated rings. The van der Waals surface area contributed by atoms with Crippen molar-refractivity contribution in [3.05, 3.63) is 0 Å². The quantitative estimate of drug-likeness (QED) is 0.0550. The van der Waals surface area contributed by atoms with Gasteiger partial charge < -0.3 is 53.6 Å². The number of nitrogens with one attached hydrogen (secondary N) is 7. The second kappa shape index (κ2) is 16.6. The monoisotopic (exact) mass is 489 g/mol. The number of carbonyl (C=O) groups excluding carboxylic acids is 5. The summed E-state index contributed by atoms with van der Waals surface area (Å²) in [5.41, 5.74) is 10.3. The summed E-state index contributed by atoms with van der Waals surface area (Å²) < 4.78 is 0. The van der Waals surface area contributed by atoms with Crippen LogP contribution in [0, 0.1) is 5.41 Å². The zero-order chi connectivity index (χ0) is 26.1. The average molecular weight is 489 g/mol. The number of nitrogens with two attached hydrogens (primary N) is 2. The van der Waals surface area contributed by atoms with E-state index >= 15 is 0 Å². The van der Waals surface area contributed by atoms with Crippen LogP contribution in [-0.2, 0) is 28.8 Å². The van der Waals surface area contributed by atoms with Crippen molar-refractivity contribution in [3.63, 3.8) is 0 Å². The summed E-state index contributed by atoms with van der Waals surface area (Å²) in [5.74, 6) is -5.47. The standard InChI is InChI=1S/C17H31N9O8/c18-4-11(28)22-6-13(30)25-10(8-27)16(34)26-9(2-1-3-21-17(19)20)15(33)24-5-12(29)23-7-14(31)32/h9-10,27H,1-8,18H2,(H,22,28)(H,23,29)(H,24,33)(H,25,30)(H,26,34)(H,31,32)(H4,19,20,21)/t9-,10-/m0/s1. The number of guanidine groups is 1. The minimum absolute atomic E-state index is 0.0211. The van der Waals surface area contributed by atoms with Crippen molar-refractivity contribution in [2.45, 2.75) is 24.9 Å². The smallest absolute Gasteiger partial charge is 0.322 e. The molecule has 192 valence electrons. The van der Waals surface area contributed by atoms with Crippen LogP contribution in [0.15, 0.2) is 0 Å². The van der Waals surface area contributed by atoms with E-state index in [-0.39, 0.29) is 31.9 Å². The Morgan fingerprint density at radius 3 is 1.97 bits per heavy atom. The minimum atomic E-state index is -1.45. The molecule has 0 radical (unpaired) electrons. The van der Waals surface area contributed by atoms with Gasteiger partial charge in [0.25, 0.3) is 0 Å². The van der Waals surface area contributed by atoms with Crippen molar-refractivity contribution in [2.75, 3.05) is 39.3 Å². The highest BCUT2D eigenvalue weighted by molar-refractivity contribution is 5.94. The van der Waals surface area contributed by atoms with Gasteiger partial charge in [0.1, 0.15) is 18.6 Å². The molecule has 0 aromatic heterocycles. The van der Waals surface area contributed by atoms with Crippen LogP contribution in [0.25, 0.3) is 0 Å². The van der Waals surface area contributed by atoms with Crippen molar-refractivity contribution < 1.29 is 39.0 Å². The summed E-state index contributed by atoms with van der Waals surface area (Å²) in [5, 5.41) is 38.6. The molecule has 5 amide bonds. The molecule has 2 atom stereocenters. The zero-order valence-corrected chi connectivity index (χ0v) is 18.3. The summed E-state index contributed by atoms with van der Waals surface area (Å²) in [6.45, 7) is -2.68. The molecule has 0 unspecified atom stereocenters. The fourth-order valence-electron chi connectivity index (χ4n) is 2.29. The topological polar surface area (TPSA) is 291 Å². The van der Waals surface area contributed by atoms with Gasteiger partial charge >= 0.3 is 5.97 Å². The first-order valence-corrected chi connectivity index (χ1v) is 10.0. The molecule has 0 saturated carbocycles. The van der Waals surface area contributed by atoms with Crippen molar-refractivity contribution in [1.29, 1.82) is 5.41 Å². The van der Waals surface area contributed by atoms with Crippen LogP contribution in [0.3, 0.4) is 0 Å². The highest BCUT2D eigenvalue weighted by Crippen LogP contribution is 1.99. The molecule has 0 bridgehead atoms. The molecule has 0 aromatic carbocycles. The second-order valence-electron chi connectivity index (χ2n) is 6.72. The molecule has 17 nitrogen and oxygen atoms in total. The molecule has 13 N–H and O–H groups in total. The molecule has 0 aliphatic heterocycles. The Kier molecular flexibility index (Phi) is 14.7. The van der Waals surface area contributed by atoms with Crippen LogP contribution in [0.4, 0.5) is 0 Å². The Balaban J connectivity index is 5.01. The molecular formula is C17H31N9O8. The van der Waals surface area contributed by atoms with Gasteiger partial charge in [0.05, 0.1) is 26.2 Å². The second-order valence-corrected chi connectivity index (χ2v) is 6.72. The lowest BCUT2D eigenvalue weighted by molar-refractivity contribution is -0.138. The number of rotatable bonds is 16. The van der Waals surface area contributed by atoms with Crippen LogP contribution in [0.2, 0.25) is 0 Å². The minimum Gasteiger partial charge on any atom is -0.480 e. The SMILES string of the molecule is N=C(N)NCCC[C@H](NC(=O)[C@H](CO)NC(=O)CNC(=O)CN)C(=O)NCC(=O)NCC(=O)O. The van der Waals surface area contributed by atoms with E-state index in [1.165, 1.54) is 0 Å². The first-order chi connectivity index (χ1) is 16.0. The number of carbonyl (C=O) groups is 6. The van der Waals surface area contributed by atoms with E-state index in [9.17, 15) is 33.9 Å². The maximum absolute atomic E-state index is 12.5. The Hall–Kier alpha value is -3.99. The Morgan fingerprint density at radius 2 is 1.41 bits per heavy atom. The Labute approximate surface area is 194 Å². The zero-order valence-electron chi connectivity index (χ0n) is 18.3. The van der Waals surface area contributed by atoms with E-state index in [0.29, 0.717) is 0 Å². The van der Waals surface area contributed by atoms with Gasteiger partial charge in [0.2, 0.25) is 29.5 Å². The number of hydrogen-bond acceptors (Lipinski definition) is 9. The van der Waals surface area contributed by atoms with E-state index in [1.54, 1.807) is 0 Å². The molecule has 17 heteroatoms. The van der Waals surface area contributed by atoms with E-state index in [4.69, 9.17) is 22.0 Å². The maximum atomic E-state index is 12.5. The summed E-state index contributed by atoms with van der Waals surface area (Å²) in [6.07, 6.45) is 0.275. The first kappa shape index (κ1) is 30.0. The highest BCUT2D eigenvalue weighted by Gasteiger charge is 2.26. The van der Waals surface area contributed by atoms with Crippen molar-refractivity contribution >= 4 is 41.5 Å². The van der Waals surface area contributed by atoms with Crippen molar-refractivity contribution in [1.82, 2.24) is 31.9 Å². The molecule has 0 spiro atoms. The maximum Gasteiger partial charge on any atom is 0.322 e. The predicted molar refractivity (Wildman–Crippen MR) is 116 cm³/mol. The largest absolute Gasteiger partial charge is 0.480 e. The van der Waals surface area contributed by atoms with Crippen LogP contribution in [0.1, 0.15) is 12.8 Å². The fraction of sp³-hybridized carbons (Fsp3) is 0.588. The fourth-order valence-corrected chi connectivity index (χ4v) is 2.29. The number of hydrogen-bond donors (Lipinski definition) is 11. The number of aliphatic hydroxyl groups is 1. The molecule has 0 saturated heterocycles. The lowest BCUT2D eigenvalue weighted by atomic mass is 10.1. The molecular weight excluding hydrogens is 458 g/mol. The molecule has 0 aromatic rings. The van der Waals surface area contributed by atoms with Gasteiger partial charge in [-0.2, -0.15) is 0 Å². The number of carboxylic acid groups (broad SMARTS) is 1. The van der Waals surface area contributed by atoms with Crippen LogP contribution >= 0.6 is 0 Å². The summed E-state index contributed by atoms with van der Waals surface area (Å²) in [6, 6.07) is -2.66. The number of amides is 5. The third-order valence-corrected chi connectivity index (χ3v) is 3.94. The number of aliphatic hydroxyl groups excluding tert-OH is 1. The van der Waals surface area contributed by atoms with Gasteiger partial charge in [-0.1, -0.05) is 0 Å². The van der Waals surface area contributed by atoms with E-state index < -0.39 is 73.8 Å². The van der Waals surface area contributed by atoms with Gasteiger partial charge in [-0.3, -0.25) is 34.2 Å². The molecule has 0 heterocycles. The van der Waals surface area contributed by atoms with Crippen molar-refractivity contribution in [3.8, 4) is 0 Å². The number of aliphatic carboxylic acids is 1. The van der Waals surface area contributed by atoms with Gasteiger partial charge in [-0.15, -0.1) is 0 Å². The van der Waals surface area contributed by atoms with Gasteiger partial charge in [-0.25, -0.2) is 0 Å². The highest BCUT2D eigenvalue weighted by atomic mass is 16.4. The lowest BCUT2D eigenvalue weighted by Crippen LogP contribution is -2.56. The third-order valence-electron chi connectivity index (χ3n) is 3.94. The predicted octanol–water partition coefficient (Wildman–Crippen LogP) is -6.40. The average Bonchev–Trinajstić information content (AvgIpc) is 2.79. The van der Waals surface area contributed by atoms with Gasteiger partial charge in [0, 0.05) is 6.54 Å². The summed E-state index contributed by atoms with van der Waals surface area (Å²) in [4.78, 5) is 70.0. The van der Waals surface area contributed by atoms with Gasteiger partial charge in [-0.05, 0) is 12.8 Å². The summed E-state index contributed by atoms with van der Waals surface area (Å²) >= 11 is 0. The first-order valence-electron chi connectivity index (χ1n) is 10.0. The Morgan fingerprint density at radius 1 is 0.794 bits per heavy atom. The van der Waals surface area contributed by atoms with Crippen LogP contribution in [-0.4, -0.2) is 103 Å². The van der Waals surface area contributed by atoms with Crippen LogP contribution < -0.4 is 43.4 Å². The number of carboxylic acids is 1. The third kappa shape index (κ3) is 14.1. The summed E-state index contributed by atoms with van der Waals surface area (Å²) in [7, 11) is 0. The molecule has 0 aliphatic carbocycles. The molecule has 0 aliphatic rings. The Bertz CT molecular complexity index is 761. The van der Waals surface area contributed by atoms with Crippen molar-refractivity contribution in [2.24, 2.45) is 11.5 Å². The van der Waals surface area contributed by atoms with Gasteiger partial charge in [0.15, 0.2) is 5.96 Å². The van der Waals surface area contributed by atoms with E-state index in [1.807, 2.05) is 5.32 Å². The molecule has 34 heavy (non-hydrogen) atoms. The van der Waals surface area contributed by atoms with E-state index in [0.717, 1.165) is 0 Å². The molecule has 0 rings (SSSR count).